The predicted octanol–water partition coefficient (Wildman–Crippen LogP) is 5.25. The fourth-order valence-electron chi connectivity index (χ4n) is 10.6. The molecule has 0 bridgehead atoms. The van der Waals surface area contributed by atoms with Gasteiger partial charge in [-0.05, 0) is 81.2 Å². The fourth-order valence-corrected chi connectivity index (χ4v) is 19.4. The van der Waals surface area contributed by atoms with E-state index in [0.717, 1.165) is 29.1 Å². The Hall–Kier alpha value is 1.07. The van der Waals surface area contributed by atoms with Crippen molar-refractivity contribution in [3.63, 3.8) is 0 Å². The van der Waals surface area contributed by atoms with Crippen molar-refractivity contribution in [2.24, 2.45) is 0 Å². The van der Waals surface area contributed by atoms with E-state index in [4.69, 9.17) is 0 Å². The van der Waals surface area contributed by atoms with Crippen LogP contribution in [0.2, 0.25) is 4.01 Å². The van der Waals surface area contributed by atoms with E-state index in [1.54, 1.807) is 77.0 Å². The van der Waals surface area contributed by atoms with Gasteiger partial charge in [0, 0.05) is 25.2 Å². The van der Waals surface area contributed by atoms with Gasteiger partial charge < -0.3 is 24.8 Å². The van der Waals surface area contributed by atoms with E-state index in [1.807, 2.05) is 0 Å². The molecule has 0 amide bonds. The maximum absolute atomic E-state index is 3.56. The molecule has 0 N–H and O–H groups in total. The summed E-state index contributed by atoms with van der Waals surface area (Å²) < 4.78 is 3.41. The zero-order chi connectivity index (χ0) is 30.1. The molecule has 0 atom stereocenters. The number of hydrogen-bond acceptors (Lipinski definition) is 0. The predicted molar refractivity (Wildman–Crippen MR) is 190 cm³/mol. The van der Waals surface area contributed by atoms with E-state index in [2.05, 4.69) is 47.0 Å². The number of halogens is 2. The smallest absolute Gasteiger partial charge is 1.00 e. The van der Waals surface area contributed by atoms with Crippen molar-refractivity contribution in [3.05, 3.63) is 6.58 Å². The molecule has 0 aromatic heterocycles. The number of rotatable bonds is 5. The molecule has 6 aliphatic rings. The topological polar surface area (TPSA) is 6.48 Å². The Morgan fingerprint density at radius 2 is 0.822 bits per heavy atom. The third-order valence-electron chi connectivity index (χ3n) is 12.3. The van der Waals surface area contributed by atoms with E-state index in [9.17, 15) is 0 Å². The van der Waals surface area contributed by atoms with E-state index in [-0.39, 0.29) is 41.5 Å². The van der Waals surface area contributed by atoms with Gasteiger partial charge in [-0.1, -0.05) is 103 Å². The Morgan fingerprint density at radius 3 is 1.07 bits per heavy atom. The normalized spacial score (nSPS) is 26.2. The van der Waals surface area contributed by atoms with Gasteiger partial charge in [-0.15, -0.1) is 0 Å². The third-order valence-corrected chi connectivity index (χ3v) is 20.3. The zero-order valence-corrected chi connectivity index (χ0v) is 33.8. The van der Waals surface area contributed by atoms with Crippen LogP contribution in [0.4, 0.5) is 0 Å². The molecule has 2 nitrogen and oxygen atoms in total. The van der Waals surface area contributed by atoms with Gasteiger partial charge in [0.1, 0.15) is 0 Å². The summed E-state index contributed by atoms with van der Waals surface area (Å²) in [6.45, 7) is 11.7. The molecule has 263 valence electrons. The van der Waals surface area contributed by atoms with Crippen LogP contribution in [0.15, 0.2) is 6.58 Å². The maximum Gasteiger partial charge on any atom is -1.00 e. The van der Waals surface area contributed by atoms with E-state index in [0.29, 0.717) is 4.01 Å². The summed E-state index contributed by atoms with van der Waals surface area (Å²) in [6, 6.07) is 1.77. The van der Waals surface area contributed by atoms with Crippen LogP contribution < -0.4 is 24.8 Å². The molecule has 0 aromatic rings. The summed E-state index contributed by atoms with van der Waals surface area (Å²) in [6.07, 6.45) is 38.5. The van der Waals surface area contributed by atoms with Gasteiger partial charge in [0.2, 0.25) is 0 Å². The molecule has 1 heterocycles. The maximum atomic E-state index is 3.56. The van der Waals surface area contributed by atoms with Crippen molar-refractivity contribution < 1.29 is 41.5 Å². The van der Waals surface area contributed by atoms with E-state index >= 15 is 0 Å². The molecular formula is C39H70Cl2N2PRu. The van der Waals surface area contributed by atoms with Gasteiger partial charge >= 0.3 is 52.3 Å². The van der Waals surface area contributed by atoms with Crippen LogP contribution in [0.1, 0.15) is 181 Å². The molecule has 6 rings (SSSR count). The van der Waals surface area contributed by atoms with Crippen LogP contribution in [0.3, 0.4) is 0 Å². The summed E-state index contributed by atoms with van der Waals surface area (Å²) in [5.74, 6) is 0. The first-order valence-electron chi connectivity index (χ1n) is 19.4. The van der Waals surface area contributed by atoms with Gasteiger partial charge in [0.25, 0.3) is 0 Å². The molecule has 0 spiro atoms. The first-order chi connectivity index (χ1) is 20.9. The Morgan fingerprint density at radius 1 is 0.533 bits per heavy atom. The Labute approximate surface area is 300 Å². The summed E-state index contributed by atoms with van der Waals surface area (Å²) in [7, 11) is 0. The minimum Gasteiger partial charge on any atom is -1.00 e. The van der Waals surface area contributed by atoms with Crippen LogP contribution in [0.5, 0.6) is 0 Å². The average molecular weight is 770 g/mol. The second-order valence-corrected chi connectivity index (χ2v) is 24.1. The van der Waals surface area contributed by atoms with Crippen LogP contribution in [-0.2, 0) is 16.7 Å². The van der Waals surface area contributed by atoms with Crippen LogP contribution >= 0.6 is 6.89 Å². The van der Waals surface area contributed by atoms with Crippen LogP contribution in [0.25, 0.3) is 0 Å². The molecule has 0 unspecified atom stereocenters. The summed E-state index contributed by atoms with van der Waals surface area (Å²) in [4.78, 5) is 6.47. The molecule has 1 aliphatic heterocycles. The molecule has 0 aromatic carbocycles. The molecular weight excluding hydrogens is 699 g/mol. The van der Waals surface area contributed by atoms with Gasteiger partial charge in [-0.3, -0.25) is 9.80 Å². The van der Waals surface area contributed by atoms with Crippen molar-refractivity contribution in [3.8, 4) is 0 Å². The Bertz CT molecular complexity index is 862. The number of hydrogen-bond donors (Lipinski definition) is 0. The summed E-state index contributed by atoms with van der Waals surface area (Å²) in [5, 5.41) is 0. The van der Waals surface area contributed by atoms with Gasteiger partial charge in [0.15, 0.2) is 0 Å². The molecule has 0 radical (unpaired) electrons. The quantitative estimate of drug-likeness (QED) is 0.279. The molecule has 1 saturated heterocycles. The summed E-state index contributed by atoms with van der Waals surface area (Å²) >= 11 is 0.279. The first-order valence-corrected chi connectivity index (χ1v) is 23.1. The molecule has 6 fully saturated rings. The molecule has 6 heteroatoms. The Balaban J connectivity index is 0.000000554. The number of nitrogens with zero attached hydrogens (tertiary/aromatic N) is 2. The molecule has 5 aliphatic carbocycles. The molecule has 5 saturated carbocycles. The first kappa shape index (κ1) is 40.5. The standard InChI is InChI=1S/C33H59N2P.C4H9.C2H2.2ClH.Ru/c1-6-16-28(17-7-1)34-26-27-35(29-18-8-2-9-19-29)33(34)36(30-20-10-3-11-21-30,31-22-12-4-13-23-31)32-24-14-5-15-25-32;1-4(2)3;1-2;;;/h28-32H,1-27H2;1-3H3;1H2;2*1H;/q;;;;;+2/p-2. The second kappa shape index (κ2) is 20.1. The van der Waals surface area contributed by atoms with Crippen molar-refractivity contribution in [1.82, 2.24) is 9.80 Å². The summed E-state index contributed by atoms with van der Waals surface area (Å²) in [5.41, 5.74) is 5.39. The second-order valence-electron chi connectivity index (χ2n) is 16.2. The zero-order valence-electron chi connectivity index (χ0n) is 29.6. The fraction of sp³-hybridized carbons (Fsp3) is 0.923. The SMILES string of the molecule is C1CCC(N2CCN(C3CCCCC3)C2=P(C2CCCCC2)(C2CCCCC2)C2CCCCC2)CC1.C=[C]=[Ru+2][C](C)(C)C.[Cl-].[Cl-]. The third kappa shape index (κ3) is 10.3. The van der Waals surface area contributed by atoms with Crippen molar-refractivity contribution >= 4 is 16.7 Å². The minimum atomic E-state index is -1.25. The van der Waals surface area contributed by atoms with E-state index in [1.165, 1.54) is 96.6 Å². The monoisotopic (exact) mass is 769 g/mol. The largest absolute Gasteiger partial charge is 1.00 e. The van der Waals surface area contributed by atoms with Gasteiger partial charge in [0.05, 0.1) is 5.54 Å². The van der Waals surface area contributed by atoms with Gasteiger partial charge in [-0.2, -0.15) is 0 Å². The van der Waals surface area contributed by atoms with Gasteiger partial charge in [-0.25, -0.2) is 0 Å². The van der Waals surface area contributed by atoms with Crippen LogP contribution in [-0.4, -0.2) is 61.8 Å². The van der Waals surface area contributed by atoms with Crippen LogP contribution in [0, 0.1) is 0 Å². The van der Waals surface area contributed by atoms with Crippen molar-refractivity contribution in [2.45, 2.75) is 214 Å². The average Bonchev–Trinajstić information content (AvgIpc) is 3.49. The van der Waals surface area contributed by atoms with Crippen molar-refractivity contribution in [1.29, 1.82) is 0 Å². The minimum absolute atomic E-state index is 0. The Kier molecular flexibility index (Phi) is 18.1. The van der Waals surface area contributed by atoms with Crippen molar-refractivity contribution in [2.75, 3.05) is 13.1 Å². The van der Waals surface area contributed by atoms with E-state index < -0.39 is 6.89 Å². The molecule has 45 heavy (non-hydrogen) atoms.